The van der Waals surface area contributed by atoms with E-state index in [1.165, 1.54) is 0 Å². The molecule has 0 aliphatic carbocycles. The third-order valence-corrected chi connectivity index (χ3v) is 3.54. The number of likely N-dealkylation sites (tertiary alicyclic amines) is 1. The van der Waals surface area contributed by atoms with Crippen molar-refractivity contribution < 1.29 is 14.6 Å². The van der Waals surface area contributed by atoms with E-state index in [0.29, 0.717) is 19.6 Å². The maximum Gasteiger partial charge on any atom is 0.310 e. The van der Waals surface area contributed by atoms with Gasteiger partial charge in [-0.05, 0) is 32.7 Å². The first kappa shape index (κ1) is 13.5. The molecule has 1 aliphatic heterocycles. The van der Waals surface area contributed by atoms with Gasteiger partial charge in [0.25, 0.3) is 0 Å². The molecule has 0 radical (unpaired) electrons. The van der Waals surface area contributed by atoms with Crippen LogP contribution in [0.4, 0.5) is 0 Å². The molecule has 0 aromatic carbocycles. The summed E-state index contributed by atoms with van der Waals surface area (Å²) in [6, 6.07) is 0. The summed E-state index contributed by atoms with van der Waals surface area (Å²) >= 11 is 0. The van der Waals surface area contributed by atoms with Crippen molar-refractivity contribution in [1.29, 1.82) is 0 Å². The second kappa shape index (κ2) is 6.21. The number of nitrogens with zero attached hydrogens (tertiary/aromatic N) is 1. The monoisotopic (exact) mass is 229 g/mol. The van der Waals surface area contributed by atoms with Crippen LogP contribution >= 0.6 is 0 Å². The number of rotatable bonds is 6. The van der Waals surface area contributed by atoms with Crippen LogP contribution in [0, 0.1) is 5.41 Å². The summed E-state index contributed by atoms with van der Waals surface area (Å²) in [5, 5.41) is 9.32. The Bertz CT molecular complexity index is 232. The van der Waals surface area contributed by atoms with E-state index < -0.39 is 11.4 Å². The van der Waals surface area contributed by atoms with Gasteiger partial charge < -0.3 is 9.84 Å². The third-order valence-electron chi connectivity index (χ3n) is 3.54. The molecule has 0 spiro atoms. The highest BCUT2D eigenvalue weighted by atomic mass is 16.5. The molecule has 1 atom stereocenters. The quantitative estimate of drug-likeness (QED) is 0.703. The minimum Gasteiger partial charge on any atom is -0.481 e. The van der Waals surface area contributed by atoms with Crippen LogP contribution in [0.5, 0.6) is 0 Å². The minimum absolute atomic E-state index is 0.523. The van der Waals surface area contributed by atoms with Crippen molar-refractivity contribution in [3.05, 3.63) is 0 Å². The van der Waals surface area contributed by atoms with Gasteiger partial charge in [-0.25, -0.2) is 0 Å². The van der Waals surface area contributed by atoms with Crippen molar-refractivity contribution in [1.82, 2.24) is 4.90 Å². The fourth-order valence-electron chi connectivity index (χ4n) is 2.37. The summed E-state index contributed by atoms with van der Waals surface area (Å²) in [6.07, 6.45) is 2.50. The van der Waals surface area contributed by atoms with Crippen LogP contribution in [0.15, 0.2) is 0 Å². The molecule has 0 aromatic heterocycles. The van der Waals surface area contributed by atoms with E-state index >= 15 is 0 Å². The average molecular weight is 229 g/mol. The lowest BCUT2D eigenvalue weighted by molar-refractivity contribution is -0.153. The van der Waals surface area contributed by atoms with E-state index in [2.05, 4.69) is 4.90 Å². The molecule has 1 N–H and O–H groups in total. The molecule has 1 aliphatic rings. The van der Waals surface area contributed by atoms with Crippen molar-refractivity contribution in [2.24, 2.45) is 5.41 Å². The molecule has 0 amide bonds. The number of carboxylic acid groups (broad SMARTS) is 1. The highest BCUT2D eigenvalue weighted by Gasteiger charge is 2.40. The number of carboxylic acids is 1. The lowest BCUT2D eigenvalue weighted by atomic mass is 9.78. The second-order valence-electron chi connectivity index (χ2n) is 4.52. The molecule has 0 saturated carbocycles. The van der Waals surface area contributed by atoms with Crippen LogP contribution < -0.4 is 0 Å². The molecule has 1 unspecified atom stereocenters. The Hall–Kier alpha value is -0.610. The lowest BCUT2D eigenvalue weighted by Gasteiger charge is -2.39. The molecule has 1 saturated heterocycles. The van der Waals surface area contributed by atoms with Gasteiger partial charge in [0.1, 0.15) is 0 Å². The summed E-state index contributed by atoms with van der Waals surface area (Å²) in [5.74, 6) is -0.642. The van der Waals surface area contributed by atoms with Gasteiger partial charge in [-0.2, -0.15) is 0 Å². The maximum absolute atomic E-state index is 11.3. The molecule has 1 rings (SSSR count). The standard InChI is InChI=1S/C12H23NO3/c1-3-12(11(14)15)6-5-7-13(10-12)8-9-16-4-2/h3-10H2,1-2H3,(H,14,15). The van der Waals surface area contributed by atoms with Gasteiger partial charge in [0.2, 0.25) is 0 Å². The van der Waals surface area contributed by atoms with Gasteiger partial charge in [0, 0.05) is 19.7 Å². The summed E-state index contributed by atoms with van der Waals surface area (Å²) in [4.78, 5) is 13.5. The predicted molar refractivity (Wildman–Crippen MR) is 62.5 cm³/mol. The topological polar surface area (TPSA) is 49.8 Å². The van der Waals surface area contributed by atoms with Gasteiger partial charge in [-0.3, -0.25) is 9.69 Å². The largest absolute Gasteiger partial charge is 0.481 e. The summed E-state index contributed by atoms with van der Waals surface area (Å²) in [5.41, 5.74) is -0.523. The lowest BCUT2D eigenvalue weighted by Crippen LogP contribution is -2.48. The van der Waals surface area contributed by atoms with E-state index in [0.717, 1.165) is 32.5 Å². The molecule has 1 heterocycles. The van der Waals surface area contributed by atoms with Gasteiger partial charge in [0.05, 0.1) is 12.0 Å². The molecule has 94 valence electrons. The highest BCUT2D eigenvalue weighted by molar-refractivity contribution is 5.75. The van der Waals surface area contributed by atoms with Crippen molar-refractivity contribution >= 4 is 5.97 Å². The first-order chi connectivity index (χ1) is 7.64. The Morgan fingerprint density at radius 2 is 2.25 bits per heavy atom. The first-order valence-corrected chi connectivity index (χ1v) is 6.18. The van der Waals surface area contributed by atoms with Crippen molar-refractivity contribution in [2.45, 2.75) is 33.1 Å². The van der Waals surface area contributed by atoms with E-state index in [-0.39, 0.29) is 0 Å². The first-order valence-electron chi connectivity index (χ1n) is 6.18. The molecule has 1 fully saturated rings. The van der Waals surface area contributed by atoms with Crippen LogP contribution in [0.2, 0.25) is 0 Å². The fraction of sp³-hybridized carbons (Fsp3) is 0.917. The van der Waals surface area contributed by atoms with E-state index in [4.69, 9.17) is 4.74 Å². The van der Waals surface area contributed by atoms with E-state index in [1.54, 1.807) is 0 Å². The average Bonchev–Trinajstić information content (AvgIpc) is 2.29. The summed E-state index contributed by atoms with van der Waals surface area (Å²) in [6.45, 7) is 7.91. The van der Waals surface area contributed by atoms with Crippen molar-refractivity contribution in [3.8, 4) is 0 Å². The zero-order chi connectivity index (χ0) is 12.0. The van der Waals surface area contributed by atoms with Gasteiger partial charge >= 0.3 is 5.97 Å². The molecule has 0 bridgehead atoms. The summed E-state index contributed by atoms with van der Waals surface area (Å²) < 4.78 is 5.31. The highest BCUT2D eigenvalue weighted by Crippen LogP contribution is 2.33. The van der Waals surface area contributed by atoms with Crippen LogP contribution in [0.3, 0.4) is 0 Å². The van der Waals surface area contributed by atoms with Gasteiger partial charge in [-0.15, -0.1) is 0 Å². The Morgan fingerprint density at radius 1 is 1.50 bits per heavy atom. The number of piperidine rings is 1. The van der Waals surface area contributed by atoms with E-state index in [1.807, 2.05) is 13.8 Å². The van der Waals surface area contributed by atoms with Crippen LogP contribution in [0.1, 0.15) is 33.1 Å². The molecule has 4 heteroatoms. The molecule has 0 aromatic rings. The number of ether oxygens (including phenoxy) is 1. The molecule has 16 heavy (non-hydrogen) atoms. The zero-order valence-corrected chi connectivity index (χ0v) is 10.4. The minimum atomic E-state index is -0.642. The normalized spacial score (nSPS) is 26.9. The SMILES string of the molecule is CCOCCN1CCCC(CC)(C(=O)O)C1. The number of aliphatic carboxylic acids is 1. The second-order valence-corrected chi connectivity index (χ2v) is 4.52. The van der Waals surface area contributed by atoms with Crippen LogP contribution in [-0.4, -0.2) is 48.8 Å². The Balaban J connectivity index is 2.48. The molecular weight excluding hydrogens is 206 g/mol. The molecular formula is C12H23NO3. The Labute approximate surface area is 97.6 Å². The van der Waals surface area contributed by atoms with E-state index in [9.17, 15) is 9.90 Å². The van der Waals surface area contributed by atoms with Gasteiger partial charge in [0.15, 0.2) is 0 Å². The smallest absolute Gasteiger partial charge is 0.310 e. The predicted octanol–water partition coefficient (Wildman–Crippen LogP) is 1.60. The fourth-order valence-corrected chi connectivity index (χ4v) is 2.37. The van der Waals surface area contributed by atoms with Crippen LogP contribution in [0.25, 0.3) is 0 Å². The number of hydrogen-bond acceptors (Lipinski definition) is 3. The number of carbonyl (C=O) groups is 1. The zero-order valence-electron chi connectivity index (χ0n) is 10.4. The third kappa shape index (κ3) is 3.19. The molecule has 4 nitrogen and oxygen atoms in total. The van der Waals surface area contributed by atoms with Gasteiger partial charge in [-0.1, -0.05) is 6.92 Å². The Morgan fingerprint density at radius 3 is 2.81 bits per heavy atom. The Kier molecular flexibility index (Phi) is 5.22. The number of hydrogen-bond donors (Lipinski definition) is 1. The van der Waals surface area contributed by atoms with Crippen molar-refractivity contribution in [3.63, 3.8) is 0 Å². The summed E-state index contributed by atoms with van der Waals surface area (Å²) in [7, 11) is 0. The van der Waals surface area contributed by atoms with Crippen LogP contribution in [-0.2, 0) is 9.53 Å². The van der Waals surface area contributed by atoms with Crippen molar-refractivity contribution in [2.75, 3.05) is 32.8 Å². The maximum atomic E-state index is 11.3.